The predicted molar refractivity (Wildman–Crippen MR) is 67.8 cm³/mol. The van der Waals surface area contributed by atoms with Crippen LogP contribution in [0.2, 0.25) is 0 Å². The maximum atomic E-state index is 8.90. The van der Waals surface area contributed by atoms with Gasteiger partial charge in [0.25, 0.3) is 0 Å². The summed E-state index contributed by atoms with van der Waals surface area (Å²) < 4.78 is 6.25. The average Bonchev–Trinajstić information content (AvgIpc) is 2.27. The molecule has 4 saturated carbocycles. The highest BCUT2D eigenvalue weighted by molar-refractivity contribution is 5.08. The van der Waals surface area contributed by atoms with Gasteiger partial charge >= 0.3 is 0 Å². The monoisotopic (exact) mass is 238 g/mol. The zero-order valence-electron chi connectivity index (χ0n) is 11.1. The molecule has 0 aromatic heterocycles. The Hall–Kier alpha value is -0.0800. The molecular formula is C15H26O2. The Bertz CT molecular complexity index is 273. The van der Waals surface area contributed by atoms with Crippen molar-refractivity contribution in [3.8, 4) is 0 Å². The van der Waals surface area contributed by atoms with Gasteiger partial charge in [0, 0.05) is 13.2 Å². The summed E-state index contributed by atoms with van der Waals surface area (Å²) in [6.07, 6.45) is 10.4. The molecule has 0 saturated heterocycles. The highest BCUT2D eigenvalue weighted by Crippen LogP contribution is 2.63. The van der Waals surface area contributed by atoms with Gasteiger partial charge in [-0.3, -0.25) is 0 Å². The summed E-state index contributed by atoms with van der Waals surface area (Å²) >= 11 is 0. The van der Waals surface area contributed by atoms with E-state index < -0.39 is 0 Å². The van der Waals surface area contributed by atoms with Crippen molar-refractivity contribution in [1.29, 1.82) is 0 Å². The first-order valence-corrected chi connectivity index (χ1v) is 7.44. The van der Waals surface area contributed by atoms with Crippen LogP contribution in [-0.4, -0.2) is 23.9 Å². The molecule has 4 rings (SSSR count). The second-order valence-electron chi connectivity index (χ2n) is 6.92. The summed E-state index contributed by atoms with van der Waals surface area (Å²) in [5, 5.41) is 8.90. The lowest BCUT2D eigenvalue weighted by Gasteiger charge is -2.61. The second kappa shape index (κ2) is 4.24. The van der Waals surface area contributed by atoms with Gasteiger partial charge in [-0.15, -0.1) is 0 Å². The second-order valence-corrected chi connectivity index (χ2v) is 6.92. The number of hydrogen-bond donors (Lipinski definition) is 1. The molecule has 4 bridgehead atoms. The maximum Gasteiger partial charge on any atom is 0.0693 e. The summed E-state index contributed by atoms with van der Waals surface area (Å²) in [5.74, 6) is 1.87. The van der Waals surface area contributed by atoms with Crippen LogP contribution >= 0.6 is 0 Å². The summed E-state index contributed by atoms with van der Waals surface area (Å²) in [6.45, 7) is 3.39. The lowest BCUT2D eigenvalue weighted by molar-refractivity contribution is -0.194. The molecule has 0 radical (unpaired) electrons. The summed E-state index contributed by atoms with van der Waals surface area (Å²) in [7, 11) is 0. The Morgan fingerprint density at radius 2 is 1.88 bits per heavy atom. The van der Waals surface area contributed by atoms with Crippen molar-refractivity contribution < 1.29 is 9.84 Å². The molecule has 1 N–H and O–H groups in total. The minimum absolute atomic E-state index is 0.204. The van der Waals surface area contributed by atoms with Gasteiger partial charge in [0.1, 0.15) is 0 Å². The number of aliphatic hydroxyl groups excluding tert-OH is 1. The minimum Gasteiger partial charge on any atom is -0.396 e. The van der Waals surface area contributed by atoms with E-state index in [1.54, 1.807) is 0 Å². The molecule has 0 amide bonds. The first kappa shape index (κ1) is 12.0. The van der Waals surface area contributed by atoms with Crippen molar-refractivity contribution in [2.75, 3.05) is 13.2 Å². The predicted octanol–water partition coefficient (Wildman–Crippen LogP) is 3.13. The van der Waals surface area contributed by atoms with Crippen LogP contribution in [-0.2, 0) is 4.74 Å². The first-order chi connectivity index (χ1) is 8.19. The maximum absolute atomic E-state index is 8.90. The highest BCUT2D eigenvalue weighted by Gasteiger charge is 2.57. The molecule has 2 unspecified atom stereocenters. The van der Waals surface area contributed by atoms with Crippen LogP contribution in [0, 0.1) is 17.3 Å². The van der Waals surface area contributed by atoms with Crippen molar-refractivity contribution in [3.63, 3.8) is 0 Å². The van der Waals surface area contributed by atoms with Gasteiger partial charge in [0.05, 0.1) is 5.60 Å². The van der Waals surface area contributed by atoms with Gasteiger partial charge in [-0.1, -0.05) is 13.3 Å². The van der Waals surface area contributed by atoms with Crippen molar-refractivity contribution in [1.82, 2.24) is 0 Å². The molecule has 0 spiro atoms. The molecule has 0 heterocycles. The van der Waals surface area contributed by atoms with E-state index in [0.717, 1.165) is 24.9 Å². The van der Waals surface area contributed by atoms with Gasteiger partial charge in [0.15, 0.2) is 0 Å². The van der Waals surface area contributed by atoms with Gasteiger partial charge in [0.2, 0.25) is 0 Å². The molecule has 2 nitrogen and oxygen atoms in total. The van der Waals surface area contributed by atoms with Crippen LogP contribution in [0.3, 0.4) is 0 Å². The Kier molecular flexibility index (Phi) is 2.99. The van der Waals surface area contributed by atoms with Crippen LogP contribution in [0.1, 0.15) is 58.3 Å². The van der Waals surface area contributed by atoms with Crippen molar-refractivity contribution in [2.24, 2.45) is 17.3 Å². The van der Waals surface area contributed by atoms with Gasteiger partial charge in [-0.2, -0.15) is 0 Å². The Morgan fingerprint density at radius 1 is 1.18 bits per heavy atom. The molecule has 4 aliphatic rings. The van der Waals surface area contributed by atoms with E-state index in [-0.39, 0.29) is 12.2 Å². The number of hydrogen-bond acceptors (Lipinski definition) is 2. The zero-order chi connectivity index (χ0) is 11.9. The van der Waals surface area contributed by atoms with Crippen LogP contribution in [0.25, 0.3) is 0 Å². The van der Waals surface area contributed by atoms with E-state index in [1.807, 2.05) is 0 Å². The van der Waals surface area contributed by atoms with Crippen molar-refractivity contribution >= 4 is 0 Å². The molecule has 4 fully saturated rings. The fourth-order valence-corrected chi connectivity index (χ4v) is 5.30. The van der Waals surface area contributed by atoms with Crippen LogP contribution in [0.15, 0.2) is 0 Å². The number of rotatable bonds is 5. The van der Waals surface area contributed by atoms with Crippen LogP contribution < -0.4 is 0 Å². The third-order valence-electron chi connectivity index (χ3n) is 5.59. The third kappa shape index (κ3) is 2.04. The van der Waals surface area contributed by atoms with E-state index in [1.165, 1.54) is 44.9 Å². The number of aliphatic hydroxyl groups is 1. The van der Waals surface area contributed by atoms with Gasteiger partial charge in [-0.05, 0) is 62.2 Å². The normalized spacial score (nSPS) is 47.6. The molecule has 4 aliphatic carbocycles. The zero-order valence-corrected chi connectivity index (χ0v) is 11.1. The lowest BCUT2D eigenvalue weighted by atomic mass is 9.47. The van der Waals surface area contributed by atoms with E-state index in [0.29, 0.717) is 5.41 Å². The quantitative estimate of drug-likeness (QED) is 0.746. The smallest absolute Gasteiger partial charge is 0.0693 e. The average molecular weight is 238 g/mol. The summed E-state index contributed by atoms with van der Waals surface area (Å²) in [5.41, 5.74) is 0.818. The molecule has 0 aromatic carbocycles. The van der Waals surface area contributed by atoms with E-state index in [4.69, 9.17) is 9.84 Å². The first-order valence-electron chi connectivity index (χ1n) is 7.44. The fraction of sp³-hybridized carbons (Fsp3) is 1.00. The van der Waals surface area contributed by atoms with Crippen molar-refractivity contribution in [3.05, 3.63) is 0 Å². The van der Waals surface area contributed by atoms with Gasteiger partial charge in [-0.25, -0.2) is 0 Å². The SMILES string of the molecule is CCC12C[C@H]3C[C@@H](C1)CC(OCCCO)(C3)C2. The van der Waals surface area contributed by atoms with E-state index in [2.05, 4.69) is 6.92 Å². The van der Waals surface area contributed by atoms with Crippen LogP contribution in [0.4, 0.5) is 0 Å². The van der Waals surface area contributed by atoms with E-state index >= 15 is 0 Å². The molecule has 4 atom stereocenters. The Morgan fingerprint density at radius 3 is 2.47 bits per heavy atom. The molecule has 0 aliphatic heterocycles. The molecule has 2 heteroatoms. The van der Waals surface area contributed by atoms with Crippen molar-refractivity contribution in [2.45, 2.75) is 63.9 Å². The largest absolute Gasteiger partial charge is 0.396 e. The lowest BCUT2D eigenvalue weighted by Crippen LogP contribution is -2.56. The van der Waals surface area contributed by atoms with Crippen LogP contribution in [0.5, 0.6) is 0 Å². The molecule has 98 valence electrons. The van der Waals surface area contributed by atoms with E-state index in [9.17, 15) is 0 Å². The fourth-order valence-electron chi connectivity index (χ4n) is 5.30. The summed E-state index contributed by atoms with van der Waals surface area (Å²) in [4.78, 5) is 0. The molecule has 17 heavy (non-hydrogen) atoms. The Labute approximate surface area is 105 Å². The standard InChI is InChI=1S/C15H26O2/c1-2-14-7-12-6-13(8-14)10-15(9-12,11-14)17-5-3-4-16/h12-13,16H,2-11H2,1H3/t12-,13+,14?,15?. The van der Waals surface area contributed by atoms with Gasteiger partial charge < -0.3 is 9.84 Å². The Balaban J connectivity index is 1.73. The molecule has 0 aromatic rings. The third-order valence-corrected chi connectivity index (χ3v) is 5.59. The summed E-state index contributed by atoms with van der Waals surface area (Å²) in [6, 6.07) is 0. The molecular weight excluding hydrogens is 212 g/mol. The topological polar surface area (TPSA) is 29.5 Å². The highest BCUT2D eigenvalue weighted by atomic mass is 16.5. The number of ether oxygens (including phenoxy) is 1. The minimum atomic E-state index is 0.204.